The van der Waals surface area contributed by atoms with Crippen LogP contribution in [0.4, 0.5) is 0 Å². The standard InChI is InChI=1S/C32H38O7/c1-5-7-8-9-10-28(29-21-22(3)31(34)39-29)37-26-18-14-25(15-19-26)32(35)38-27-16-11-24(12-17-27)13-20-30(33)36-23(4)6-2/h11-20,23,28-29H,3,5-10,21H2,1-2,4H3/b20-13+. The molecule has 0 N–H and O–H groups in total. The van der Waals surface area contributed by atoms with E-state index in [9.17, 15) is 14.4 Å². The van der Waals surface area contributed by atoms with Crippen molar-refractivity contribution in [3.63, 3.8) is 0 Å². The molecule has 0 aliphatic carbocycles. The number of unbranched alkanes of at least 4 members (excludes halogenated alkanes) is 3. The first-order valence-electron chi connectivity index (χ1n) is 13.7. The predicted molar refractivity (Wildman–Crippen MR) is 150 cm³/mol. The van der Waals surface area contributed by atoms with E-state index in [1.54, 1.807) is 54.6 Å². The lowest BCUT2D eigenvalue weighted by Gasteiger charge is -2.24. The summed E-state index contributed by atoms with van der Waals surface area (Å²) in [6.45, 7) is 9.73. The number of ether oxygens (including phenoxy) is 4. The Morgan fingerprint density at radius 2 is 1.72 bits per heavy atom. The molecule has 1 aliphatic heterocycles. The Kier molecular flexibility index (Phi) is 11.3. The van der Waals surface area contributed by atoms with Crippen molar-refractivity contribution < 1.29 is 33.3 Å². The molecule has 3 atom stereocenters. The van der Waals surface area contributed by atoms with Gasteiger partial charge in [-0.2, -0.15) is 0 Å². The average molecular weight is 535 g/mol. The van der Waals surface area contributed by atoms with Gasteiger partial charge in [0.25, 0.3) is 0 Å². The second kappa shape index (κ2) is 14.9. The number of benzene rings is 2. The van der Waals surface area contributed by atoms with Crippen molar-refractivity contribution in [2.24, 2.45) is 0 Å². The lowest BCUT2D eigenvalue weighted by molar-refractivity contribution is -0.143. The van der Waals surface area contributed by atoms with Gasteiger partial charge in [-0.3, -0.25) is 0 Å². The molecule has 39 heavy (non-hydrogen) atoms. The molecule has 0 saturated carbocycles. The third-order valence-corrected chi connectivity index (χ3v) is 6.52. The summed E-state index contributed by atoms with van der Waals surface area (Å²) in [5.74, 6) is -0.295. The molecule has 0 amide bonds. The fourth-order valence-electron chi connectivity index (χ4n) is 4.03. The Morgan fingerprint density at radius 3 is 2.33 bits per heavy atom. The molecule has 0 bridgehead atoms. The Hall–Kier alpha value is -3.87. The first-order chi connectivity index (χ1) is 18.8. The van der Waals surface area contributed by atoms with Crippen LogP contribution in [0.2, 0.25) is 0 Å². The smallest absolute Gasteiger partial charge is 0.343 e. The van der Waals surface area contributed by atoms with Crippen LogP contribution >= 0.6 is 0 Å². The van der Waals surface area contributed by atoms with Gasteiger partial charge in [0, 0.05) is 18.1 Å². The summed E-state index contributed by atoms with van der Waals surface area (Å²) in [6.07, 6.45) is 8.56. The van der Waals surface area contributed by atoms with E-state index in [1.165, 1.54) is 6.08 Å². The quantitative estimate of drug-likeness (QED) is 0.113. The van der Waals surface area contributed by atoms with Crippen LogP contribution in [-0.2, 0) is 19.1 Å². The van der Waals surface area contributed by atoms with E-state index < -0.39 is 11.9 Å². The number of hydrogen-bond acceptors (Lipinski definition) is 7. The number of carbonyl (C=O) groups excluding carboxylic acids is 3. The lowest BCUT2D eigenvalue weighted by atomic mass is 10.0. The Morgan fingerprint density at radius 1 is 1.03 bits per heavy atom. The van der Waals surface area contributed by atoms with E-state index in [2.05, 4.69) is 13.5 Å². The number of carbonyl (C=O) groups is 3. The molecule has 0 spiro atoms. The zero-order valence-electron chi connectivity index (χ0n) is 23.0. The van der Waals surface area contributed by atoms with Gasteiger partial charge < -0.3 is 18.9 Å². The van der Waals surface area contributed by atoms with Gasteiger partial charge in [0.15, 0.2) is 0 Å². The van der Waals surface area contributed by atoms with E-state index in [1.807, 2.05) is 13.8 Å². The summed E-state index contributed by atoms with van der Waals surface area (Å²) in [7, 11) is 0. The second-order valence-corrected chi connectivity index (χ2v) is 9.73. The predicted octanol–water partition coefficient (Wildman–Crippen LogP) is 6.85. The summed E-state index contributed by atoms with van der Waals surface area (Å²) >= 11 is 0. The maximum absolute atomic E-state index is 12.7. The molecule has 208 valence electrons. The Balaban J connectivity index is 1.56. The highest BCUT2D eigenvalue weighted by Gasteiger charge is 2.35. The first kappa shape index (κ1) is 29.7. The van der Waals surface area contributed by atoms with Crippen LogP contribution in [0.1, 0.15) is 81.6 Å². The Labute approximate surface area is 230 Å². The molecule has 0 radical (unpaired) electrons. The Bertz CT molecular complexity index is 1130. The zero-order valence-corrected chi connectivity index (χ0v) is 23.0. The van der Waals surface area contributed by atoms with E-state index in [0.717, 1.165) is 44.1 Å². The molecule has 3 rings (SSSR count). The lowest BCUT2D eigenvalue weighted by Crippen LogP contribution is -2.31. The van der Waals surface area contributed by atoms with Gasteiger partial charge in [0.05, 0.1) is 11.7 Å². The highest BCUT2D eigenvalue weighted by molar-refractivity contribution is 5.91. The van der Waals surface area contributed by atoms with Crippen LogP contribution in [0.3, 0.4) is 0 Å². The molecule has 2 aromatic rings. The minimum atomic E-state index is -0.501. The van der Waals surface area contributed by atoms with E-state index in [-0.39, 0.29) is 24.3 Å². The largest absolute Gasteiger partial charge is 0.487 e. The fraction of sp³-hybridized carbons (Fsp3) is 0.406. The topological polar surface area (TPSA) is 88.1 Å². The number of esters is 3. The summed E-state index contributed by atoms with van der Waals surface area (Å²) < 4.78 is 22.4. The third kappa shape index (κ3) is 9.43. The highest BCUT2D eigenvalue weighted by atomic mass is 16.6. The zero-order chi connectivity index (χ0) is 28.2. The fourth-order valence-corrected chi connectivity index (χ4v) is 4.03. The molecular formula is C32H38O7. The molecule has 1 heterocycles. The van der Waals surface area contributed by atoms with Gasteiger partial charge in [-0.25, -0.2) is 14.4 Å². The van der Waals surface area contributed by atoms with Crippen molar-refractivity contribution in [1.82, 2.24) is 0 Å². The maximum atomic E-state index is 12.7. The van der Waals surface area contributed by atoms with Crippen molar-refractivity contribution in [3.8, 4) is 11.5 Å². The molecule has 1 saturated heterocycles. The van der Waals surface area contributed by atoms with Crippen molar-refractivity contribution in [2.75, 3.05) is 0 Å². The van der Waals surface area contributed by atoms with Crippen molar-refractivity contribution in [1.29, 1.82) is 0 Å². The molecule has 7 nitrogen and oxygen atoms in total. The number of cyclic esters (lactones) is 1. The van der Waals surface area contributed by atoms with E-state index in [4.69, 9.17) is 18.9 Å². The van der Waals surface area contributed by atoms with Crippen LogP contribution in [0, 0.1) is 0 Å². The number of hydrogen-bond donors (Lipinski definition) is 0. The monoisotopic (exact) mass is 534 g/mol. The molecule has 1 fully saturated rings. The molecular weight excluding hydrogens is 496 g/mol. The van der Waals surface area contributed by atoms with E-state index >= 15 is 0 Å². The van der Waals surface area contributed by atoms with Gasteiger partial charge in [-0.05, 0) is 74.2 Å². The van der Waals surface area contributed by atoms with Gasteiger partial charge in [-0.1, -0.05) is 51.8 Å². The van der Waals surface area contributed by atoms with Crippen molar-refractivity contribution in [3.05, 3.63) is 77.9 Å². The molecule has 0 aromatic heterocycles. The first-order valence-corrected chi connectivity index (χ1v) is 13.7. The van der Waals surface area contributed by atoms with Gasteiger partial charge in [0.2, 0.25) is 0 Å². The molecule has 3 unspecified atom stereocenters. The van der Waals surface area contributed by atoms with Gasteiger partial charge >= 0.3 is 17.9 Å². The molecule has 7 heteroatoms. The van der Waals surface area contributed by atoms with Crippen molar-refractivity contribution >= 4 is 24.0 Å². The summed E-state index contributed by atoms with van der Waals surface area (Å²) in [6, 6.07) is 13.5. The molecule has 1 aliphatic rings. The normalized spacial score (nSPS) is 16.5. The SMILES string of the molecule is C=C1CC(C(CCCCCC)Oc2ccc(C(=O)Oc3ccc(/C=C/C(=O)OC(C)CC)cc3)cc2)OC1=O. The van der Waals surface area contributed by atoms with Gasteiger partial charge in [-0.15, -0.1) is 0 Å². The van der Waals surface area contributed by atoms with Crippen LogP contribution in [0.15, 0.2) is 66.8 Å². The summed E-state index contributed by atoms with van der Waals surface area (Å²) in [5.41, 5.74) is 1.62. The summed E-state index contributed by atoms with van der Waals surface area (Å²) in [5, 5.41) is 0. The van der Waals surface area contributed by atoms with Crippen LogP contribution in [-0.4, -0.2) is 36.2 Å². The van der Waals surface area contributed by atoms with Crippen LogP contribution < -0.4 is 9.47 Å². The summed E-state index contributed by atoms with van der Waals surface area (Å²) in [4.78, 5) is 36.3. The number of rotatable bonds is 14. The van der Waals surface area contributed by atoms with Crippen LogP contribution in [0.25, 0.3) is 6.08 Å². The van der Waals surface area contributed by atoms with Crippen LogP contribution in [0.5, 0.6) is 11.5 Å². The third-order valence-electron chi connectivity index (χ3n) is 6.52. The molecule has 2 aromatic carbocycles. The average Bonchev–Trinajstić information content (AvgIpc) is 3.27. The maximum Gasteiger partial charge on any atom is 0.343 e. The van der Waals surface area contributed by atoms with Crippen molar-refractivity contribution in [2.45, 2.75) is 84.0 Å². The minimum absolute atomic E-state index is 0.131. The second-order valence-electron chi connectivity index (χ2n) is 9.73. The van der Waals surface area contributed by atoms with Gasteiger partial charge in [0.1, 0.15) is 23.7 Å². The highest BCUT2D eigenvalue weighted by Crippen LogP contribution is 2.28. The van der Waals surface area contributed by atoms with E-state index in [0.29, 0.717) is 29.1 Å². The minimum Gasteiger partial charge on any atom is -0.487 e.